The fourth-order valence-corrected chi connectivity index (χ4v) is 2.92. The molecule has 0 saturated carbocycles. The van der Waals surface area contributed by atoms with E-state index in [9.17, 15) is 4.79 Å². The quantitative estimate of drug-likeness (QED) is 0.650. The van der Waals surface area contributed by atoms with Crippen LogP contribution in [0.5, 0.6) is 0 Å². The monoisotopic (exact) mass is 323 g/mol. The van der Waals surface area contributed by atoms with Crippen LogP contribution in [0.3, 0.4) is 0 Å². The number of carbonyl (C=O) groups is 1. The third-order valence-corrected chi connectivity index (χ3v) is 4.16. The van der Waals surface area contributed by atoms with Gasteiger partial charge in [-0.1, -0.05) is 36.4 Å². The zero-order chi connectivity index (χ0) is 16.9. The Kier molecular flexibility index (Phi) is 4.96. The normalized spacial score (nSPS) is 10.9. The van der Waals surface area contributed by atoms with E-state index in [1.807, 2.05) is 30.3 Å². The summed E-state index contributed by atoms with van der Waals surface area (Å²) in [7, 11) is 3.11. The molecule has 0 spiro atoms. The standard InChI is InChI=1S/C20H21NO3/c1-23-11-10-18-12-16-8-9-17(20(22)24-2)13-19(16)21(18)14-15-6-4-3-5-7-15/h3-9,12-13H,10-11,14H2,1-2H3. The van der Waals surface area contributed by atoms with E-state index in [4.69, 9.17) is 9.47 Å². The number of fused-ring (bicyclic) bond motifs is 1. The highest BCUT2D eigenvalue weighted by Gasteiger charge is 2.13. The van der Waals surface area contributed by atoms with Crippen LogP contribution in [-0.2, 0) is 22.4 Å². The molecule has 0 radical (unpaired) electrons. The molecule has 0 aliphatic rings. The van der Waals surface area contributed by atoms with Crippen LogP contribution in [0.1, 0.15) is 21.6 Å². The van der Waals surface area contributed by atoms with Crippen molar-refractivity contribution in [2.75, 3.05) is 20.8 Å². The first kappa shape index (κ1) is 16.3. The largest absolute Gasteiger partial charge is 0.465 e. The highest BCUT2D eigenvalue weighted by atomic mass is 16.5. The van der Waals surface area contributed by atoms with Gasteiger partial charge in [0.25, 0.3) is 0 Å². The summed E-state index contributed by atoms with van der Waals surface area (Å²) in [5, 5.41) is 1.12. The summed E-state index contributed by atoms with van der Waals surface area (Å²) in [5.74, 6) is -0.317. The van der Waals surface area contributed by atoms with Gasteiger partial charge in [0.05, 0.1) is 19.3 Å². The molecule has 0 atom stereocenters. The second-order valence-electron chi connectivity index (χ2n) is 5.72. The highest BCUT2D eigenvalue weighted by molar-refractivity contribution is 5.94. The van der Waals surface area contributed by atoms with E-state index in [0.29, 0.717) is 12.2 Å². The Morgan fingerprint density at radius 1 is 1.04 bits per heavy atom. The van der Waals surface area contributed by atoms with Gasteiger partial charge in [-0.25, -0.2) is 4.79 Å². The Morgan fingerprint density at radius 3 is 2.54 bits per heavy atom. The van der Waals surface area contributed by atoms with Crippen molar-refractivity contribution in [3.8, 4) is 0 Å². The lowest BCUT2D eigenvalue weighted by Gasteiger charge is -2.11. The molecule has 1 heterocycles. The van der Waals surface area contributed by atoms with Crippen molar-refractivity contribution in [3.05, 3.63) is 71.4 Å². The van der Waals surface area contributed by atoms with Crippen LogP contribution in [0, 0.1) is 0 Å². The number of nitrogens with zero attached hydrogens (tertiary/aromatic N) is 1. The van der Waals surface area contributed by atoms with Crippen molar-refractivity contribution in [2.45, 2.75) is 13.0 Å². The van der Waals surface area contributed by atoms with E-state index >= 15 is 0 Å². The molecule has 124 valence electrons. The molecule has 0 unspecified atom stereocenters. The lowest BCUT2D eigenvalue weighted by Crippen LogP contribution is -2.07. The molecular weight excluding hydrogens is 302 g/mol. The minimum absolute atomic E-state index is 0.317. The molecule has 2 aromatic carbocycles. The topological polar surface area (TPSA) is 40.5 Å². The molecule has 0 amide bonds. The van der Waals surface area contributed by atoms with Gasteiger partial charge in [0.15, 0.2) is 0 Å². The van der Waals surface area contributed by atoms with Crippen LogP contribution in [-0.4, -0.2) is 31.4 Å². The molecule has 4 heteroatoms. The summed E-state index contributed by atoms with van der Waals surface area (Å²) in [6.07, 6.45) is 0.825. The molecule has 0 aliphatic heterocycles. The smallest absolute Gasteiger partial charge is 0.337 e. The van der Waals surface area contributed by atoms with Gasteiger partial charge in [0, 0.05) is 31.3 Å². The molecule has 0 bridgehead atoms. The van der Waals surface area contributed by atoms with Gasteiger partial charge < -0.3 is 14.0 Å². The van der Waals surface area contributed by atoms with Gasteiger partial charge in [0.2, 0.25) is 0 Å². The number of esters is 1. The fourth-order valence-electron chi connectivity index (χ4n) is 2.92. The van der Waals surface area contributed by atoms with E-state index in [0.717, 1.165) is 23.9 Å². The van der Waals surface area contributed by atoms with Crippen molar-refractivity contribution in [3.63, 3.8) is 0 Å². The van der Waals surface area contributed by atoms with Crippen LogP contribution in [0.4, 0.5) is 0 Å². The van der Waals surface area contributed by atoms with Gasteiger partial charge in [-0.2, -0.15) is 0 Å². The maximum atomic E-state index is 11.9. The van der Waals surface area contributed by atoms with Crippen LogP contribution < -0.4 is 0 Å². The first-order chi connectivity index (χ1) is 11.7. The van der Waals surface area contributed by atoms with E-state index in [-0.39, 0.29) is 5.97 Å². The third-order valence-electron chi connectivity index (χ3n) is 4.16. The molecule has 24 heavy (non-hydrogen) atoms. The second-order valence-corrected chi connectivity index (χ2v) is 5.72. The van der Waals surface area contributed by atoms with Crippen molar-refractivity contribution in [1.82, 2.24) is 4.57 Å². The molecule has 3 rings (SSSR count). The lowest BCUT2D eigenvalue weighted by atomic mass is 10.1. The SMILES string of the molecule is COCCc1cc2ccc(C(=O)OC)cc2n1Cc1ccccc1. The van der Waals surface area contributed by atoms with E-state index in [1.165, 1.54) is 18.4 Å². The number of aromatic nitrogens is 1. The minimum atomic E-state index is -0.317. The molecule has 0 fully saturated rings. The lowest BCUT2D eigenvalue weighted by molar-refractivity contribution is 0.0601. The van der Waals surface area contributed by atoms with Gasteiger partial charge in [0.1, 0.15) is 0 Å². The minimum Gasteiger partial charge on any atom is -0.465 e. The van der Waals surface area contributed by atoms with Gasteiger partial charge in [-0.05, 0) is 29.1 Å². The predicted octanol–water partition coefficient (Wildman–Crippen LogP) is 3.67. The van der Waals surface area contributed by atoms with Crippen molar-refractivity contribution >= 4 is 16.9 Å². The van der Waals surface area contributed by atoms with Gasteiger partial charge >= 0.3 is 5.97 Å². The molecule has 3 aromatic rings. The molecule has 1 aromatic heterocycles. The van der Waals surface area contributed by atoms with Crippen molar-refractivity contribution < 1.29 is 14.3 Å². The molecule has 0 saturated heterocycles. The van der Waals surface area contributed by atoms with E-state index < -0.39 is 0 Å². The number of hydrogen-bond donors (Lipinski definition) is 0. The average molecular weight is 323 g/mol. The molecular formula is C20H21NO3. The number of methoxy groups -OCH3 is 2. The third kappa shape index (κ3) is 3.34. The maximum absolute atomic E-state index is 11.9. The second kappa shape index (κ2) is 7.32. The summed E-state index contributed by atoms with van der Waals surface area (Å²) in [6, 6.07) is 18.1. The maximum Gasteiger partial charge on any atom is 0.337 e. The van der Waals surface area contributed by atoms with E-state index in [2.05, 4.69) is 22.8 Å². The zero-order valence-corrected chi connectivity index (χ0v) is 14.0. The Hall–Kier alpha value is -2.59. The zero-order valence-electron chi connectivity index (χ0n) is 14.0. The summed E-state index contributed by atoms with van der Waals surface area (Å²) in [5.41, 5.74) is 4.01. The van der Waals surface area contributed by atoms with Crippen LogP contribution in [0.15, 0.2) is 54.6 Å². The Labute approximate surface area is 141 Å². The average Bonchev–Trinajstić information content (AvgIpc) is 2.97. The summed E-state index contributed by atoms with van der Waals surface area (Å²) in [4.78, 5) is 11.9. The number of rotatable bonds is 6. The van der Waals surface area contributed by atoms with Crippen molar-refractivity contribution in [2.24, 2.45) is 0 Å². The Morgan fingerprint density at radius 2 is 1.83 bits per heavy atom. The highest BCUT2D eigenvalue weighted by Crippen LogP contribution is 2.24. The first-order valence-corrected chi connectivity index (χ1v) is 7.96. The molecule has 0 aliphatic carbocycles. The number of hydrogen-bond acceptors (Lipinski definition) is 3. The van der Waals surface area contributed by atoms with Gasteiger partial charge in [-0.3, -0.25) is 0 Å². The first-order valence-electron chi connectivity index (χ1n) is 7.96. The summed E-state index contributed by atoms with van der Waals surface area (Å²) < 4.78 is 12.3. The van der Waals surface area contributed by atoms with E-state index in [1.54, 1.807) is 13.2 Å². The Balaban J connectivity index is 2.07. The van der Waals surface area contributed by atoms with Crippen LogP contribution >= 0.6 is 0 Å². The summed E-state index contributed by atoms with van der Waals surface area (Å²) in [6.45, 7) is 1.42. The van der Waals surface area contributed by atoms with Crippen LogP contribution in [0.25, 0.3) is 10.9 Å². The van der Waals surface area contributed by atoms with Gasteiger partial charge in [-0.15, -0.1) is 0 Å². The molecule has 0 N–H and O–H groups in total. The summed E-state index contributed by atoms with van der Waals surface area (Å²) >= 11 is 0. The fraction of sp³-hybridized carbons (Fsp3) is 0.250. The number of carbonyl (C=O) groups excluding carboxylic acids is 1. The number of benzene rings is 2. The predicted molar refractivity (Wildman–Crippen MR) is 94.4 cm³/mol. The molecule has 4 nitrogen and oxygen atoms in total. The van der Waals surface area contributed by atoms with Crippen molar-refractivity contribution in [1.29, 1.82) is 0 Å². The number of ether oxygens (including phenoxy) is 2. The van der Waals surface area contributed by atoms with Crippen LogP contribution in [0.2, 0.25) is 0 Å². The Bertz CT molecular complexity index is 837.